The Balaban J connectivity index is 1.24. The van der Waals surface area contributed by atoms with Crippen molar-refractivity contribution in [3.05, 3.63) is 170 Å². The molecule has 0 fully saturated rings. The molecular weight excluding hydrogens is 613 g/mol. The van der Waals surface area contributed by atoms with E-state index in [-0.39, 0.29) is 0 Å². The summed E-state index contributed by atoms with van der Waals surface area (Å²) >= 11 is 0. The molecule has 3 aromatic heterocycles. The Labute approximate surface area is 287 Å². The summed E-state index contributed by atoms with van der Waals surface area (Å²) in [6.07, 6.45) is 0. The maximum absolute atomic E-state index is 6.60. The number of benzene rings is 7. The molecule has 234 valence electrons. The molecule has 3 heterocycles. The monoisotopic (exact) mass is 640 g/mol. The summed E-state index contributed by atoms with van der Waals surface area (Å²) in [5.41, 5.74) is 9.99. The molecule has 0 saturated heterocycles. The maximum Gasteiger partial charge on any atom is 0.238 e. The first-order valence-electron chi connectivity index (χ1n) is 16.7. The molecule has 0 saturated carbocycles. The maximum atomic E-state index is 6.60. The molecule has 0 amide bonds. The second-order valence-electron chi connectivity index (χ2n) is 12.4. The lowest BCUT2D eigenvalue weighted by Gasteiger charge is -2.11. The highest BCUT2D eigenvalue weighted by Crippen LogP contribution is 2.41. The van der Waals surface area contributed by atoms with Crippen molar-refractivity contribution in [2.45, 2.75) is 0 Å². The summed E-state index contributed by atoms with van der Waals surface area (Å²) in [6.45, 7) is 0. The molecule has 10 rings (SSSR count). The zero-order valence-corrected chi connectivity index (χ0v) is 26.9. The van der Waals surface area contributed by atoms with Crippen LogP contribution in [-0.2, 0) is 0 Å². The van der Waals surface area contributed by atoms with Gasteiger partial charge in [-0.2, -0.15) is 9.97 Å². The van der Waals surface area contributed by atoms with Gasteiger partial charge < -0.3 is 4.42 Å². The molecular formula is C45H28N4O. The smallest absolute Gasteiger partial charge is 0.238 e. The largest absolute Gasteiger partial charge is 0.455 e. The minimum absolute atomic E-state index is 0.558. The predicted octanol–water partition coefficient (Wildman–Crippen LogP) is 11.5. The Morgan fingerprint density at radius 1 is 0.400 bits per heavy atom. The van der Waals surface area contributed by atoms with Gasteiger partial charge in [-0.15, -0.1) is 0 Å². The van der Waals surface area contributed by atoms with Gasteiger partial charge >= 0.3 is 0 Å². The van der Waals surface area contributed by atoms with Gasteiger partial charge in [-0.3, -0.25) is 4.57 Å². The molecule has 10 aromatic rings. The van der Waals surface area contributed by atoms with Crippen LogP contribution < -0.4 is 0 Å². The van der Waals surface area contributed by atoms with Gasteiger partial charge in [0, 0.05) is 38.2 Å². The van der Waals surface area contributed by atoms with Crippen LogP contribution in [-0.4, -0.2) is 19.5 Å². The summed E-state index contributed by atoms with van der Waals surface area (Å²) in [7, 11) is 0. The SMILES string of the molecule is c1ccc(-c2ccc3c(c2)c2ccccc2n3-c2nc(-c3ccccc3)nc(-c3cccc4oc5c(-c6ccccc6)cccc5c34)n2)cc1. The van der Waals surface area contributed by atoms with Crippen LogP contribution in [0.3, 0.4) is 0 Å². The van der Waals surface area contributed by atoms with E-state index < -0.39 is 0 Å². The quantitative estimate of drug-likeness (QED) is 0.188. The summed E-state index contributed by atoms with van der Waals surface area (Å²) in [5, 5.41) is 4.28. The number of nitrogens with zero attached hydrogens (tertiary/aromatic N) is 4. The number of hydrogen-bond donors (Lipinski definition) is 0. The Hall–Kier alpha value is -6.85. The van der Waals surface area contributed by atoms with Crippen molar-refractivity contribution >= 4 is 43.7 Å². The molecule has 0 spiro atoms. The van der Waals surface area contributed by atoms with Crippen LogP contribution >= 0.6 is 0 Å². The fourth-order valence-electron chi connectivity index (χ4n) is 7.18. The van der Waals surface area contributed by atoms with Gasteiger partial charge in [0.2, 0.25) is 5.95 Å². The lowest BCUT2D eigenvalue weighted by Crippen LogP contribution is -2.06. The first-order chi connectivity index (χ1) is 24.8. The number of aromatic nitrogens is 4. The fourth-order valence-corrected chi connectivity index (χ4v) is 7.18. The third kappa shape index (κ3) is 4.52. The number of furan rings is 1. The number of hydrogen-bond acceptors (Lipinski definition) is 4. The van der Waals surface area contributed by atoms with E-state index in [0.29, 0.717) is 17.6 Å². The molecule has 0 radical (unpaired) electrons. The zero-order chi connectivity index (χ0) is 33.0. The average molecular weight is 641 g/mol. The average Bonchev–Trinajstić information content (AvgIpc) is 3.74. The molecule has 50 heavy (non-hydrogen) atoms. The summed E-state index contributed by atoms with van der Waals surface area (Å²) in [4.78, 5) is 15.6. The highest BCUT2D eigenvalue weighted by Gasteiger charge is 2.21. The number of rotatable bonds is 5. The topological polar surface area (TPSA) is 56.7 Å². The van der Waals surface area contributed by atoms with Crippen molar-refractivity contribution in [1.29, 1.82) is 0 Å². The minimum atomic E-state index is 0.558. The fraction of sp³-hybridized carbons (Fsp3) is 0. The normalized spacial score (nSPS) is 11.6. The zero-order valence-electron chi connectivity index (χ0n) is 26.9. The van der Waals surface area contributed by atoms with E-state index in [1.54, 1.807) is 0 Å². The van der Waals surface area contributed by atoms with Crippen LogP contribution in [0.1, 0.15) is 0 Å². The van der Waals surface area contributed by atoms with Crippen molar-refractivity contribution in [1.82, 2.24) is 19.5 Å². The van der Waals surface area contributed by atoms with Gasteiger partial charge in [-0.25, -0.2) is 4.98 Å². The molecule has 0 aliphatic heterocycles. The summed E-state index contributed by atoms with van der Waals surface area (Å²) in [6, 6.07) is 58.5. The summed E-state index contributed by atoms with van der Waals surface area (Å²) in [5.74, 6) is 1.74. The molecule has 0 aliphatic rings. The molecule has 5 heteroatoms. The molecule has 0 aliphatic carbocycles. The first-order valence-corrected chi connectivity index (χ1v) is 16.7. The first kappa shape index (κ1) is 28.2. The van der Waals surface area contributed by atoms with Crippen LogP contribution in [0.5, 0.6) is 0 Å². The van der Waals surface area contributed by atoms with E-state index in [1.807, 2.05) is 54.6 Å². The van der Waals surface area contributed by atoms with Gasteiger partial charge in [0.05, 0.1) is 11.0 Å². The lowest BCUT2D eigenvalue weighted by molar-refractivity contribution is 0.670. The Bertz CT molecular complexity index is 2860. The summed E-state index contributed by atoms with van der Waals surface area (Å²) < 4.78 is 8.77. The van der Waals surface area contributed by atoms with Crippen LogP contribution in [0.2, 0.25) is 0 Å². The molecule has 5 nitrogen and oxygen atoms in total. The molecule has 7 aromatic carbocycles. The van der Waals surface area contributed by atoms with Gasteiger partial charge in [0.25, 0.3) is 0 Å². The Morgan fingerprint density at radius 3 is 1.82 bits per heavy atom. The number of fused-ring (bicyclic) bond motifs is 6. The van der Waals surface area contributed by atoms with Crippen LogP contribution in [0.15, 0.2) is 174 Å². The van der Waals surface area contributed by atoms with Crippen molar-refractivity contribution in [2.24, 2.45) is 0 Å². The molecule has 0 bridgehead atoms. The van der Waals surface area contributed by atoms with Gasteiger partial charge in [0.1, 0.15) is 11.2 Å². The van der Waals surface area contributed by atoms with E-state index in [0.717, 1.165) is 71.6 Å². The second kappa shape index (κ2) is 11.4. The van der Waals surface area contributed by atoms with Crippen molar-refractivity contribution < 1.29 is 4.42 Å². The van der Waals surface area contributed by atoms with Gasteiger partial charge in [-0.05, 0) is 41.0 Å². The van der Waals surface area contributed by atoms with Crippen molar-refractivity contribution in [3.63, 3.8) is 0 Å². The van der Waals surface area contributed by atoms with Crippen LogP contribution in [0, 0.1) is 0 Å². The van der Waals surface area contributed by atoms with E-state index >= 15 is 0 Å². The molecule has 0 N–H and O–H groups in total. The minimum Gasteiger partial charge on any atom is -0.455 e. The predicted molar refractivity (Wildman–Crippen MR) is 203 cm³/mol. The third-order valence-corrected chi connectivity index (χ3v) is 9.48. The highest BCUT2D eigenvalue weighted by atomic mass is 16.3. The van der Waals surface area contributed by atoms with Crippen molar-refractivity contribution in [3.8, 4) is 51.0 Å². The standard InChI is InChI=1S/C45H28N4O/c1-4-14-29(15-5-1)32-26-27-39-37(28-32)34-20-10-11-24-38(34)49(39)45-47-43(31-18-8-3-9-19-31)46-44(48-45)36-23-13-25-40-41(36)35-22-12-21-33(42(35)50-40)30-16-6-2-7-17-30/h1-28H. The second-order valence-corrected chi connectivity index (χ2v) is 12.4. The Morgan fingerprint density at radius 2 is 1.02 bits per heavy atom. The van der Waals surface area contributed by atoms with Crippen LogP contribution in [0.4, 0.5) is 0 Å². The molecule has 0 unspecified atom stereocenters. The van der Waals surface area contributed by atoms with E-state index in [1.165, 1.54) is 5.56 Å². The third-order valence-electron chi connectivity index (χ3n) is 9.48. The van der Waals surface area contributed by atoms with Crippen LogP contribution in [0.25, 0.3) is 94.7 Å². The van der Waals surface area contributed by atoms with Crippen molar-refractivity contribution in [2.75, 3.05) is 0 Å². The highest BCUT2D eigenvalue weighted by molar-refractivity contribution is 6.15. The van der Waals surface area contributed by atoms with E-state index in [2.05, 4.69) is 120 Å². The van der Waals surface area contributed by atoms with Gasteiger partial charge in [-0.1, -0.05) is 146 Å². The van der Waals surface area contributed by atoms with E-state index in [9.17, 15) is 0 Å². The molecule has 0 atom stereocenters. The van der Waals surface area contributed by atoms with E-state index in [4.69, 9.17) is 19.4 Å². The number of para-hydroxylation sites is 2. The lowest BCUT2D eigenvalue weighted by atomic mass is 10.0. The van der Waals surface area contributed by atoms with Gasteiger partial charge in [0.15, 0.2) is 11.6 Å². The Kier molecular flexibility index (Phi) is 6.42.